The van der Waals surface area contributed by atoms with Crippen LogP contribution in [0.4, 0.5) is 5.69 Å². The monoisotopic (exact) mass is 347 g/mol. The van der Waals surface area contributed by atoms with Gasteiger partial charge in [-0.3, -0.25) is 4.79 Å². The van der Waals surface area contributed by atoms with Gasteiger partial charge in [0.05, 0.1) is 0 Å². The largest absolute Gasteiger partial charge is 0.399 e. The minimum absolute atomic E-state index is 0. The molecule has 1 heterocycles. The summed E-state index contributed by atoms with van der Waals surface area (Å²) in [4.78, 5) is 16.7. The van der Waals surface area contributed by atoms with E-state index in [1.807, 2.05) is 23.1 Å². The molecule has 1 aromatic rings. The highest BCUT2D eigenvalue weighted by Crippen LogP contribution is 2.20. The van der Waals surface area contributed by atoms with E-state index in [9.17, 15) is 4.79 Å². The summed E-state index contributed by atoms with van der Waals surface area (Å²) in [5, 5.41) is 0. The number of amides is 1. The number of likely N-dealkylation sites (tertiary alicyclic amines) is 1. The Morgan fingerprint density at radius 3 is 2.77 bits per heavy atom. The van der Waals surface area contributed by atoms with Crippen LogP contribution >= 0.6 is 24.8 Å². The Labute approximate surface area is 145 Å². The van der Waals surface area contributed by atoms with Gasteiger partial charge in [0, 0.05) is 30.9 Å². The van der Waals surface area contributed by atoms with Crippen molar-refractivity contribution < 1.29 is 4.79 Å². The van der Waals surface area contributed by atoms with Gasteiger partial charge in [0.15, 0.2) is 0 Å². The van der Waals surface area contributed by atoms with Crippen LogP contribution in [0.2, 0.25) is 0 Å². The van der Waals surface area contributed by atoms with Crippen molar-refractivity contribution in [3.05, 3.63) is 29.8 Å². The zero-order valence-electron chi connectivity index (χ0n) is 13.3. The molecule has 0 bridgehead atoms. The molecule has 22 heavy (non-hydrogen) atoms. The number of anilines is 1. The SMILES string of the molecule is CCCN(C)CC1CCN(C(=O)c2cccc(N)c2)C1.Cl.Cl. The first-order valence-electron chi connectivity index (χ1n) is 7.43. The maximum Gasteiger partial charge on any atom is 0.253 e. The number of nitrogens with zero attached hydrogens (tertiary/aromatic N) is 2. The van der Waals surface area contributed by atoms with Crippen molar-refractivity contribution >= 4 is 36.4 Å². The van der Waals surface area contributed by atoms with Gasteiger partial charge in [0.2, 0.25) is 0 Å². The third-order valence-electron chi connectivity index (χ3n) is 3.88. The van der Waals surface area contributed by atoms with E-state index in [4.69, 9.17) is 5.73 Å². The summed E-state index contributed by atoms with van der Waals surface area (Å²) in [6.07, 6.45) is 2.28. The summed E-state index contributed by atoms with van der Waals surface area (Å²) in [5.74, 6) is 0.703. The van der Waals surface area contributed by atoms with Gasteiger partial charge in [-0.1, -0.05) is 13.0 Å². The number of hydrogen-bond acceptors (Lipinski definition) is 3. The maximum absolute atomic E-state index is 12.4. The molecule has 1 aliphatic heterocycles. The van der Waals surface area contributed by atoms with E-state index in [-0.39, 0.29) is 30.7 Å². The third-order valence-corrected chi connectivity index (χ3v) is 3.88. The molecule has 0 aliphatic carbocycles. The molecule has 1 saturated heterocycles. The Balaban J connectivity index is 0.00000220. The Morgan fingerprint density at radius 2 is 2.14 bits per heavy atom. The van der Waals surface area contributed by atoms with E-state index >= 15 is 0 Å². The van der Waals surface area contributed by atoms with E-state index in [2.05, 4.69) is 18.9 Å². The van der Waals surface area contributed by atoms with Gasteiger partial charge in [-0.2, -0.15) is 0 Å². The highest BCUT2D eigenvalue weighted by molar-refractivity contribution is 5.95. The van der Waals surface area contributed by atoms with Crippen LogP contribution in [-0.4, -0.2) is 48.9 Å². The minimum atomic E-state index is 0. The zero-order chi connectivity index (χ0) is 14.5. The number of benzene rings is 1. The lowest BCUT2D eigenvalue weighted by molar-refractivity contribution is 0.0784. The highest BCUT2D eigenvalue weighted by atomic mass is 35.5. The molecule has 1 aliphatic rings. The lowest BCUT2D eigenvalue weighted by atomic mass is 10.1. The number of carbonyl (C=O) groups excluding carboxylic acids is 1. The van der Waals surface area contributed by atoms with Crippen LogP contribution in [0.5, 0.6) is 0 Å². The second-order valence-corrected chi connectivity index (χ2v) is 5.79. The first kappa shape index (κ1) is 21.0. The van der Waals surface area contributed by atoms with E-state index in [1.165, 1.54) is 6.42 Å². The fourth-order valence-electron chi connectivity index (χ4n) is 2.93. The molecule has 0 radical (unpaired) electrons. The Hall–Kier alpha value is -0.970. The molecule has 0 aromatic heterocycles. The first-order valence-corrected chi connectivity index (χ1v) is 7.43. The number of nitrogens with two attached hydrogens (primary N) is 1. The molecule has 0 saturated carbocycles. The van der Waals surface area contributed by atoms with E-state index in [1.54, 1.807) is 6.07 Å². The molecule has 126 valence electrons. The second-order valence-electron chi connectivity index (χ2n) is 5.79. The van der Waals surface area contributed by atoms with Gasteiger partial charge < -0.3 is 15.5 Å². The minimum Gasteiger partial charge on any atom is -0.399 e. The molecule has 4 nitrogen and oxygen atoms in total. The lowest BCUT2D eigenvalue weighted by Gasteiger charge is -2.21. The lowest BCUT2D eigenvalue weighted by Crippen LogP contribution is -2.32. The Bertz CT molecular complexity index is 470. The van der Waals surface area contributed by atoms with Gasteiger partial charge in [-0.05, 0) is 50.6 Å². The van der Waals surface area contributed by atoms with Crippen molar-refractivity contribution in [1.82, 2.24) is 9.80 Å². The predicted molar refractivity (Wildman–Crippen MR) is 97.1 cm³/mol. The number of carbonyl (C=O) groups is 1. The summed E-state index contributed by atoms with van der Waals surface area (Å²) in [7, 11) is 2.16. The van der Waals surface area contributed by atoms with E-state index in [0.29, 0.717) is 17.2 Å². The normalized spacial score (nSPS) is 17.0. The van der Waals surface area contributed by atoms with Crippen LogP contribution in [0.3, 0.4) is 0 Å². The number of nitrogen functional groups attached to an aromatic ring is 1. The van der Waals surface area contributed by atoms with Crippen molar-refractivity contribution in [3.63, 3.8) is 0 Å². The fourth-order valence-corrected chi connectivity index (χ4v) is 2.93. The van der Waals surface area contributed by atoms with Crippen LogP contribution in [0.1, 0.15) is 30.1 Å². The molecule has 2 N–H and O–H groups in total. The standard InChI is InChI=1S/C16H25N3O.2ClH/c1-3-8-18(2)11-13-7-9-19(12-13)16(20)14-5-4-6-15(17)10-14;;/h4-6,10,13H,3,7-9,11-12,17H2,1-2H3;2*1H. The molecule has 1 unspecified atom stereocenters. The van der Waals surface area contributed by atoms with E-state index in [0.717, 1.165) is 32.6 Å². The zero-order valence-corrected chi connectivity index (χ0v) is 15.0. The molecule has 2 rings (SSSR count). The summed E-state index contributed by atoms with van der Waals surface area (Å²) in [6.45, 7) is 6.12. The summed E-state index contributed by atoms with van der Waals surface area (Å²) in [5.41, 5.74) is 7.09. The molecular weight excluding hydrogens is 321 g/mol. The number of hydrogen-bond donors (Lipinski definition) is 1. The molecule has 0 spiro atoms. The average Bonchev–Trinajstić information content (AvgIpc) is 2.86. The topological polar surface area (TPSA) is 49.6 Å². The molecule has 1 atom stereocenters. The van der Waals surface area contributed by atoms with Gasteiger partial charge in [0.1, 0.15) is 0 Å². The second kappa shape index (κ2) is 9.93. The number of halogens is 2. The number of rotatable bonds is 5. The van der Waals surface area contributed by atoms with Crippen LogP contribution in [0.25, 0.3) is 0 Å². The average molecular weight is 348 g/mol. The van der Waals surface area contributed by atoms with Crippen LogP contribution in [-0.2, 0) is 0 Å². The van der Waals surface area contributed by atoms with Gasteiger partial charge in [-0.15, -0.1) is 24.8 Å². The van der Waals surface area contributed by atoms with Crippen molar-refractivity contribution in [1.29, 1.82) is 0 Å². The highest BCUT2D eigenvalue weighted by Gasteiger charge is 2.27. The fraction of sp³-hybridized carbons (Fsp3) is 0.562. The molecule has 1 aromatic carbocycles. The maximum atomic E-state index is 12.4. The quantitative estimate of drug-likeness (QED) is 0.833. The van der Waals surface area contributed by atoms with Crippen molar-refractivity contribution in [2.24, 2.45) is 5.92 Å². The molecule has 1 amide bonds. The van der Waals surface area contributed by atoms with Crippen molar-refractivity contribution in [2.75, 3.05) is 39.0 Å². The van der Waals surface area contributed by atoms with Gasteiger partial charge in [-0.25, -0.2) is 0 Å². The van der Waals surface area contributed by atoms with Crippen molar-refractivity contribution in [2.45, 2.75) is 19.8 Å². The van der Waals surface area contributed by atoms with Crippen LogP contribution in [0.15, 0.2) is 24.3 Å². The predicted octanol–water partition coefficient (Wildman–Crippen LogP) is 2.92. The summed E-state index contributed by atoms with van der Waals surface area (Å²) < 4.78 is 0. The third kappa shape index (κ3) is 5.67. The van der Waals surface area contributed by atoms with Crippen LogP contribution < -0.4 is 5.73 Å². The van der Waals surface area contributed by atoms with E-state index < -0.39 is 0 Å². The Kier molecular flexibility index (Phi) is 9.49. The van der Waals surface area contributed by atoms with Crippen molar-refractivity contribution in [3.8, 4) is 0 Å². The Morgan fingerprint density at radius 1 is 1.41 bits per heavy atom. The van der Waals surface area contributed by atoms with Crippen LogP contribution in [0, 0.1) is 5.92 Å². The first-order chi connectivity index (χ1) is 9.60. The molecule has 1 fully saturated rings. The van der Waals surface area contributed by atoms with Gasteiger partial charge in [0.25, 0.3) is 5.91 Å². The molecular formula is C16H27Cl2N3O. The summed E-state index contributed by atoms with van der Waals surface area (Å²) in [6, 6.07) is 7.25. The molecule has 6 heteroatoms. The summed E-state index contributed by atoms with van der Waals surface area (Å²) >= 11 is 0. The van der Waals surface area contributed by atoms with Gasteiger partial charge >= 0.3 is 0 Å². The smallest absolute Gasteiger partial charge is 0.253 e.